The van der Waals surface area contributed by atoms with E-state index in [1.807, 2.05) is 0 Å². The molecule has 0 fully saturated rings. The maximum absolute atomic E-state index is 4.55. The molecule has 1 atom stereocenters. The number of nitrogens with zero attached hydrogens (tertiary/aromatic N) is 2. The van der Waals surface area contributed by atoms with Gasteiger partial charge in [0.15, 0.2) is 0 Å². The van der Waals surface area contributed by atoms with E-state index in [0.717, 1.165) is 12.8 Å². The van der Waals surface area contributed by atoms with Gasteiger partial charge < -0.3 is 0 Å². The second kappa shape index (κ2) is 9.69. The molecule has 0 radical (unpaired) electrons. The van der Waals surface area contributed by atoms with Crippen LogP contribution in [0.1, 0.15) is 32.6 Å². The molecule has 72 valence electrons. The van der Waals surface area contributed by atoms with Crippen LogP contribution in [0.3, 0.4) is 0 Å². The lowest BCUT2D eigenvalue weighted by Crippen LogP contribution is -2.08. The van der Waals surface area contributed by atoms with Crippen LogP contribution in [0.2, 0.25) is 0 Å². The molecular formula is C9H14N2S2. The van der Waals surface area contributed by atoms with Crippen molar-refractivity contribution in [3.05, 3.63) is 0 Å². The standard InChI is InChI=1S/C9H14N2S2/c1-2-3-4-5-9(11-8-13)6-10-7-12/h9H,2-6H2,1H3. The molecule has 0 aliphatic rings. The third kappa shape index (κ3) is 7.94. The van der Waals surface area contributed by atoms with Gasteiger partial charge in [-0.15, -0.1) is 0 Å². The summed E-state index contributed by atoms with van der Waals surface area (Å²) in [5.74, 6) is 0. The minimum atomic E-state index is 0.152. The average molecular weight is 214 g/mol. The molecule has 0 aromatic carbocycles. The lowest BCUT2D eigenvalue weighted by atomic mass is 10.1. The van der Waals surface area contributed by atoms with Gasteiger partial charge in [-0.2, -0.15) is 0 Å². The molecule has 2 nitrogen and oxygen atoms in total. The summed E-state index contributed by atoms with van der Waals surface area (Å²) >= 11 is 9.04. The first-order valence-corrected chi connectivity index (χ1v) is 5.27. The molecule has 0 bridgehead atoms. The van der Waals surface area contributed by atoms with Crippen LogP contribution >= 0.6 is 24.4 Å². The summed E-state index contributed by atoms with van der Waals surface area (Å²) < 4.78 is 0. The van der Waals surface area contributed by atoms with Crippen molar-refractivity contribution in [3.8, 4) is 0 Å². The molecule has 0 rings (SSSR count). The molecule has 0 heterocycles. The maximum atomic E-state index is 4.55. The van der Waals surface area contributed by atoms with Gasteiger partial charge in [-0.1, -0.05) is 26.2 Å². The van der Waals surface area contributed by atoms with E-state index in [-0.39, 0.29) is 6.04 Å². The Morgan fingerprint density at radius 1 is 1.23 bits per heavy atom. The number of rotatable bonds is 7. The summed E-state index contributed by atoms with van der Waals surface area (Å²) in [5.41, 5.74) is 0. The fourth-order valence-corrected chi connectivity index (χ4v) is 1.27. The first kappa shape index (κ1) is 12.6. The van der Waals surface area contributed by atoms with Crippen molar-refractivity contribution in [1.29, 1.82) is 0 Å². The largest absolute Gasteiger partial charge is 0.230 e. The van der Waals surface area contributed by atoms with E-state index in [2.05, 4.69) is 51.7 Å². The van der Waals surface area contributed by atoms with E-state index in [1.165, 1.54) is 12.8 Å². The van der Waals surface area contributed by atoms with Crippen LogP contribution in [-0.4, -0.2) is 22.9 Å². The summed E-state index contributed by atoms with van der Waals surface area (Å²) in [4.78, 5) is 7.87. The van der Waals surface area contributed by atoms with Crippen molar-refractivity contribution < 1.29 is 0 Å². The zero-order valence-corrected chi connectivity index (χ0v) is 9.46. The normalized spacial score (nSPS) is 11.2. The number of hydrogen-bond donors (Lipinski definition) is 0. The molecule has 1 unspecified atom stereocenters. The Bertz CT molecular complexity index is 216. The van der Waals surface area contributed by atoms with Crippen molar-refractivity contribution in [1.82, 2.24) is 0 Å². The van der Waals surface area contributed by atoms with Crippen LogP contribution in [0.5, 0.6) is 0 Å². The molecule has 0 aromatic rings. The summed E-state index contributed by atoms with van der Waals surface area (Å²) in [7, 11) is 0. The van der Waals surface area contributed by atoms with E-state index >= 15 is 0 Å². The van der Waals surface area contributed by atoms with Crippen LogP contribution in [0.4, 0.5) is 0 Å². The van der Waals surface area contributed by atoms with Gasteiger partial charge in [-0.3, -0.25) is 0 Å². The summed E-state index contributed by atoms with van der Waals surface area (Å²) in [6, 6.07) is 0.152. The van der Waals surface area contributed by atoms with Gasteiger partial charge in [-0.25, -0.2) is 9.98 Å². The molecule has 0 aromatic heterocycles. The van der Waals surface area contributed by atoms with Gasteiger partial charge >= 0.3 is 0 Å². The molecule has 0 saturated heterocycles. The van der Waals surface area contributed by atoms with Crippen LogP contribution in [-0.2, 0) is 0 Å². The van der Waals surface area contributed by atoms with E-state index in [0.29, 0.717) is 6.54 Å². The zero-order valence-electron chi connectivity index (χ0n) is 7.82. The van der Waals surface area contributed by atoms with E-state index in [9.17, 15) is 0 Å². The predicted octanol–water partition coefficient (Wildman–Crippen LogP) is 3.14. The third-order valence-corrected chi connectivity index (χ3v) is 1.98. The molecule has 0 aliphatic heterocycles. The molecule has 0 spiro atoms. The van der Waals surface area contributed by atoms with Crippen molar-refractivity contribution >= 4 is 34.8 Å². The quantitative estimate of drug-likeness (QED) is 0.369. The molecule has 0 aliphatic carbocycles. The highest BCUT2D eigenvalue weighted by Gasteiger charge is 2.03. The Morgan fingerprint density at radius 2 is 2.00 bits per heavy atom. The monoisotopic (exact) mass is 214 g/mol. The van der Waals surface area contributed by atoms with Gasteiger partial charge in [0.05, 0.1) is 22.9 Å². The molecule has 0 N–H and O–H groups in total. The fraction of sp³-hybridized carbons (Fsp3) is 0.778. The summed E-state index contributed by atoms with van der Waals surface area (Å²) in [5, 5.41) is 4.72. The first-order chi connectivity index (χ1) is 6.35. The number of thiocarbonyl (C=S) groups is 2. The summed E-state index contributed by atoms with van der Waals surface area (Å²) in [6.07, 6.45) is 4.61. The van der Waals surface area contributed by atoms with Crippen molar-refractivity contribution in [2.45, 2.75) is 38.6 Å². The Balaban J connectivity index is 3.79. The fourth-order valence-electron chi connectivity index (χ4n) is 1.04. The van der Waals surface area contributed by atoms with Gasteiger partial charge in [-0.05, 0) is 30.9 Å². The Hall–Kier alpha value is -0.400. The number of unbranched alkanes of at least 4 members (excludes halogenated alkanes) is 2. The van der Waals surface area contributed by atoms with Gasteiger partial charge in [0.2, 0.25) is 0 Å². The van der Waals surface area contributed by atoms with Crippen molar-refractivity contribution in [3.63, 3.8) is 0 Å². The molecule has 4 heteroatoms. The average Bonchev–Trinajstić information content (AvgIpc) is 2.14. The van der Waals surface area contributed by atoms with E-state index < -0.39 is 0 Å². The van der Waals surface area contributed by atoms with Crippen molar-refractivity contribution in [2.24, 2.45) is 9.98 Å². The van der Waals surface area contributed by atoms with E-state index in [4.69, 9.17) is 0 Å². The Kier molecular flexibility index (Phi) is 9.39. The highest BCUT2D eigenvalue weighted by molar-refractivity contribution is 7.78. The molecule has 13 heavy (non-hydrogen) atoms. The molecule has 0 saturated carbocycles. The van der Waals surface area contributed by atoms with Crippen LogP contribution in [0.25, 0.3) is 0 Å². The topological polar surface area (TPSA) is 24.7 Å². The lowest BCUT2D eigenvalue weighted by Gasteiger charge is -2.05. The molecular weight excluding hydrogens is 200 g/mol. The maximum Gasteiger partial charge on any atom is 0.0805 e. The molecule has 0 amide bonds. The Labute approximate surface area is 90.2 Å². The van der Waals surface area contributed by atoms with Crippen LogP contribution in [0, 0.1) is 0 Å². The predicted molar refractivity (Wildman–Crippen MR) is 62.8 cm³/mol. The highest BCUT2D eigenvalue weighted by Crippen LogP contribution is 2.06. The number of hydrogen-bond acceptors (Lipinski definition) is 4. The van der Waals surface area contributed by atoms with Crippen molar-refractivity contribution in [2.75, 3.05) is 6.54 Å². The van der Waals surface area contributed by atoms with Gasteiger partial charge in [0.1, 0.15) is 0 Å². The van der Waals surface area contributed by atoms with Gasteiger partial charge in [0.25, 0.3) is 0 Å². The van der Waals surface area contributed by atoms with Crippen LogP contribution in [0.15, 0.2) is 9.98 Å². The smallest absolute Gasteiger partial charge is 0.0805 e. The minimum Gasteiger partial charge on any atom is -0.230 e. The summed E-state index contributed by atoms with van der Waals surface area (Å²) in [6.45, 7) is 2.77. The van der Waals surface area contributed by atoms with Crippen LogP contribution < -0.4 is 0 Å². The lowest BCUT2D eigenvalue weighted by molar-refractivity contribution is 0.572. The first-order valence-electron chi connectivity index (χ1n) is 4.45. The Morgan fingerprint density at radius 3 is 2.54 bits per heavy atom. The second-order valence-corrected chi connectivity index (χ2v) is 3.17. The number of isothiocyanates is 2. The minimum absolute atomic E-state index is 0.152. The number of aliphatic imine (C=N–C) groups is 2. The SMILES string of the molecule is CCCCCC(CN=C=S)N=C=S. The zero-order chi connectivity index (χ0) is 9.94. The van der Waals surface area contributed by atoms with Gasteiger partial charge in [0, 0.05) is 0 Å². The second-order valence-electron chi connectivity index (χ2n) is 2.80. The third-order valence-electron chi connectivity index (χ3n) is 1.74. The highest BCUT2D eigenvalue weighted by atomic mass is 32.1. The van der Waals surface area contributed by atoms with E-state index in [1.54, 1.807) is 0 Å².